The Morgan fingerprint density at radius 3 is 3.36 bits per heavy atom. The number of pyridine rings is 1. The van der Waals surface area contributed by atoms with E-state index in [9.17, 15) is 0 Å². The summed E-state index contributed by atoms with van der Waals surface area (Å²) >= 11 is 0. The second-order valence-corrected chi connectivity index (χ2v) is 2.31. The van der Waals surface area contributed by atoms with E-state index >= 15 is 0 Å². The summed E-state index contributed by atoms with van der Waals surface area (Å²) in [5.74, 6) is 0. The van der Waals surface area contributed by atoms with Gasteiger partial charge in [-0.25, -0.2) is 0 Å². The SMILES string of the molecule is C1=CC=Cc2ncccc2C=1. The zero-order valence-electron chi connectivity index (χ0n) is 5.99. The fourth-order valence-electron chi connectivity index (χ4n) is 1.02. The first-order chi connectivity index (χ1) is 5.47. The molecule has 0 aromatic carbocycles. The minimum atomic E-state index is 1.01. The molecule has 0 aliphatic heterocycles. The maximum Gasteiger partial charge on any atom is 0.0708 e. The first kappa shape index (κ1) is 6.14. The third kappa shape index (κ3) is 1.14. The van der Waals surface area contributed by atoms with Gasteiger partial charge in [0.25, 0.3) is 0 Å². The van der Waals surface area contributed by atoms with Crippen molar-refractivity contribution in [3.05, 3.63) is 47.5 Å². The molecule has 1 nitrogen and oxygen atoms in total. The summed E-state index contributed by atoms with van der Waals surface area (Å²) in [6, 6.07) is 3.95. The van der Waals surface area contributed by atoms with E-state index in [-0.39, 0.29) is 0 Å². The minimum absolute atomic E-state index is 1.01. The van der Waals surface area contributed by atoms with Crippen LogP contribution in [0.2, 0.25) is 0 Å². The van der Waals surface area contributed by atoms with Crippen molar-refractivity contribution in [2.45, 2.75) is 0 Å². The molecule has 0 atom stereocenters. The Morgan fingerprint density at radius 1 is 1.36 bits per heavy atom. The monoisotopic (exact) mass is 141 g/mol. The number of hydrogen-bond acceptors (Lipinski definition) is 1. The predicted molar refractivity (Wildman–Crippen MR) is 45.8 cm³/mol. The highest BCUT2D eigenvalue weighted by Crippen LogP contribution is 2.10. The summed E-state index contributed by atoms with van der Waals surface area (Å²) in [5.41, 5.74) is 5.16. The molecular weight excluding hydrogens is 134 g/mol. The first-order valence-corrected chi connectivity index (χ1v) is 3.51. The van der Waals surface area contributed by atoms with Crippen LogP contribution in [-0.4, -0.2) is 4.98 Å². The lowest BCUT2D eigenvalue weighted by Crippen LogP contribution is -1.82. The van der Waals surface area contributed by atoms with E-state index in [1.54, 1.807) is 6.20 Å². The average molecular weight is 141 g/mol. The van der Waals surface area contributed by atoms with Gasteiger partial charge in [-0.3, -0.25) is 4.98 Å². The zero-order chi connectivity index (χ0) is 7.52. The van der Waals surface area contributed by atoms with Crippen LogP contribution in [0.15, 0.2) is 36.2 Å². The molecule has 1 aromatic rings. The van der Waals surface area contributed by atoms with Crippen LogP contribution >= 0.6 is 0 Å². The Labute approximate surface area is 65.4 Å². The summed E-state index contributed by atoms with van der Waals surface area (Å²) in [5, 5.41) is 0. The second-order valence-electron chi connectivity index (χ2n) is 2.31. The van der Waals surface area contributed by atoms with Gasteiger partial charge in [0.1, 0.15) is 0 Å². The molecule has 2 rings (SSSR count). The number of rotatable bonds is 0. The molecule has 0 bridgehead atoms. The molecule has 0 amide bonds. The van der Waals surface area contributed by atoms with Crippen molar-refractivity contribution in [3.63, 3.8) is 0 Å². The Hall–Kier alpha value is -1.59. The Kier molecular flexibility index (Phi) is 1.43. The van der Waals surface area contributed by atoms with E-state index in [4.69, 9.17) is 0 Å². The zero-order valence-corrected chi connectivity index (χ0v) is 5.99. The molecule has 1 aliphatic carbocycles. The number of nitrogens with zero attached hydrogens (tertiary/aromatic N) is 1. The van der Waals surface area contributed by atoms with Crippen LogP contribution < -0.4 is 0 Å². The highest BCUT2D eigenvalue weighted by Gasteiger charge is 1.95. The standard InChI is InChI=1S/C10H7N/c1-2-5-9-6-4-8-11-10(9)7-3-1/h1,3-8H. The number of allylic oxidation sites excluding steroid dienone is 2. The number of aromatic nitrogens is 1. The normalized spacial score (nSPS) is 12.7. The molecular formula is C10H7N. The topological polar surface area (TPSA) is 12.9 Å². The van der Waals surface area contributed by atoms with Gasteiger partial charge in [0.2, 0.25) is 0 Å². The van der Waals surface area contributed by atoms with Crippen molar-refractivity contribution < 1.29 is 0 Å². The fraction of sp³-hybridized carbons (Fsp3) is 0. The van der Waals surface area contributed by atoms with E-state index in [1.807, 2.05) is 36.4 Å². The predicted octanol–water partition coefficient (Wildman–Crippen LogP) is 2.28. The van der Waals surface area contributed by atoms with Crippen LogP contribution in [0.4, 0.5) is 0 Å². The summed E-state index contributed by atoms with van der Waals surface area (Å²) in [6.45, 7) is 0. The third-order valence-corrected chi connectivity index (χ3v) is 1.56. The molecule has 0 spiro atoms. The van der Waals surface area contributed by atoms with Gasteiger partial charge in [0.15, 0.2) is 0 Å². The molecule has 11 heavy (non-hydrogen) atoms. The molecule has 0 radical (unpaired) electrons. The fourth-order valence-corrected chi connectivity index (χ4v) is 1.02. The molecule has 0 saturated carbocycles. The lowest BCUT2D eigenvalue weighted by Gasteiger charge is -1.94. The van der Waals surface area contributed by atoms with Gasteiger partial charge >= 0.3 is 0 Å². The quantitative estimate of drug-likeness (QED) is 0.505. The van der Waals surface area contributed by atoms with E-state index in [0.29, 0.717) is 0 Å². The molecule has 0 N–H and O–H groups in total. The van der Waals surface area contributed by atoms with Gasteiger partial charge in [-0.15, -0.1) is 5.73 Å². The lowest BCUT2D eigenvalue weighted by atomic mass is 10.2. The van der Waals surface area contributed by atoms with Crippen molar-refractivity contribution in [2.75, 3.05) is 0 Å². The van der Waals surface area contributed by atoms with Gasteiger partial charge < -0.3 is 0 Å². The summed E-state index contributed by atoms with van der Waals surface area (Å²) < 4.78 is 0. The third-order valence-electron chi connectivity index (χ3n) is 1.56. The van der Waals surface area contributed by atoms with Crippen molar-refractivity contribution in [1.29, 1.82) is 0 Å². The minimum Gasteiger partial charge on any atom is -0.256 e. The van der Waals surface area contributed by atoms with Crippen molar-refractivity contribution in [1.82, 2.24) is 4.98 Å². The summed E-state index contributed by atoms with van der Waals surface area (Å²) in [4.78, 5) is 4.20. The van der Waals surface area contributed by atoms with Crippen molar-refractivity contribution in [3.8, 4) is 0 Å². The van der Waals surface area contributed by atoms with Crippen LogP contribution in [-0.2, 0) is 0 Å². The van der Waals surface area contributed by atoms with Gasteiger partial charge in [0.05, 0.1) is 5.69 Å². The molecule has 1 aliphatic rings. The van der Waals surface area contributed by atoms with Crippen LogP contribution in [0, 0.1) is 0 Å². The summed E-state index contributed by atoms with van der Waals surface area (Å²) in [7, 11) is 0. The largest absolute Gasteiger partial charge is 0.256 e. The van der Waals surface area contributed by atoms with Crippen LogP contribution in [0.1, 0.15) is 11.3 Å². The smallest absolute Gasteiger partial charge is 0.0708 e. The molecule has 52 valence electrons. The van der Waals surface area contributed by atoms with E-state index in [0.717, 1.165) is 11.3 Å². The van der Waals surface area contributed by atoms with E-state index < -0.39 is 0 Å². The van der Waals surface area contributed by atoms with Gasteiger partial charge in [-0.05, 0) is 24.3 Å². The maximum atomic E-state index is 4.20. The maximum absolute atomic E-state index is 4.20. The first-order valence-electron chi connectivity index (χ1n) is 3.51. The number of hydrogen-bond donors (Lipinski definition) is 0. The molecule has 0 unspecified atom stereocenters. The van der Waals surface area contributed by atoms with Crippen molar-refractivity contribution >= 4 is 12.2 Å². The molecule has 1 aromatic heterocycles. The van der Waals surface area contributed by atoms with Gasteiger partial charge in [-0.1, -0.05) is 12.1 Å². The summed E-state index contributed by atoms with van der Waals surface area (Å²) in [6.07, 6.45) is 9.52. The Balaban J connectivity index is 2.67. The van der Waals surface area contributed by atoms with E-state index in [2.05, 4.69) is 10.7 Å². The van der Waals surface area contributed by atoms with Crippen LogP contribution in [0.5, 0.6) is 0 Å². The number of fused-ring (bicyclic) bond motifs is 1. The van der Waals surface area contributed by atoms with Gasteiger partial charge in [-0.2, -0.15) is 0 Å². The molecule has 0 fully saturated rings. The average Bonchev–Trinajstić information content (AvgIpc) is 2.28. The van der Waals surface area contributed by atoms with Gasteiger partial charge in [0, 0.05) is 11.8 Å². The Bertz CT molecular complexity index is 355. The second kappa shape index (κ2) is 2.57. The van der Waals surface area contributed by atoms with Crippen LogP contribution in [0.3, 0.4) is 0 Å². The highest BCUT2D eigenvalue weighted by molar-refractivity contribution is 5.64. The van der Waals surface area contributed by atoms with Crippen LogP contribution in [0.25, 0.3) is 12.2 Å². The molecule has 0 saturated heterocycles. The molecule has 1 heterocycles. The lowest BCUT2D eigenvalue weighted by molar-refractivity contribution is 1.28. The Morgan fingerprint density at radius 2 is 2.36 bits per heavy atom. The van der Waals surface area contributed by atoms with E-state index in [1.165, 1.54) is 0 Å². The molecule has 1 heteroatoms. The highest BCUT2D eigenvalue weighted by atomic mass is 14.7. The van der Waals surface area contributed by atoms with Crippen molar-refractivity contribution in [2.24, 2.45) is 0 Å².